The van der Waals surface area contributed by atoms with Crippen LogP contribution in [0.25, 0.3) is 0 Å². The second kappa shape index (κ2) is 8.63. The molecule has 0 aromatic carbocycles. The smallest absolute Gasteiger partial charge is 0.105 e. The Morgan fingerprint density at radius 3 is 2.77 bits per heavy atom. The van der Waals surface area contributed by atoms with E-state index >= 15 is 0 Å². The lowest BCUT2D eigenvalue weighted by molar-refractivity contribution is 0.274. The lowest BCUT2D eigenvalue weighted by atomic mass is 10.1. The number of hydrogen-bond acceptors (Lipinski definition) is 2. The fourth-order valence-electron chi connectivity index (χ4n) is 0.664. The minimum atomic E-state index is -0.147. The van der Waals surface area contributed by atoms with E-state index in [0.717, 1.165) is 0 Å². The number of allylic oxidation sites excluding steroid dienone is 1. The van der Waals surface area contributed by atoms with Gasteiger partial charge in [-0.25, -0.2) is 0 Å². The van der Waals surface area contributed by atoms with Crippen molar-refractivity contribution in [2.45, 2.75) is 0 Å². The predicted octanol–water partition coefficient (Wildman–Crippen LogP) is 1.50. The first kappa shape index (κ1) is 11.5. The fourth-order valence-corrected chi connectivity index (χ4v) is 0.664. The SMILES string of the molecule is C=CC#CC(C=CCOC=C)CO. The topological polar surface area (TPSA) is 29.5 Å². The Morgan fingerprint density at radius 1 is 1.46 bits per heavy atom. The van der Waals surface area contributed by atoms with Crippen molar-refractivity contribution >= 4 is 0 Å². The molecule has 0 fully saturated rings. The average molecular weight is 178 g/mol. The summed E-state index contributed by atoms with van der Waals surface area (Å²) >= 11 is 0. The third-order valence-electron chi connectivity index (χ3n) is 1.25. The van der Waals surface area contributed by atoms with E-state index in [2.05, 4.69) is 25.0 Å². The standard InChI is InChI=1S/C11H14O2/c1-3-5-7-11(10-12)8-6-9-13-4-2/h3-4,6,8,11-12H,1-2,9-10H2. The summed E-state index contributed by atoms with van der Waals surface area (Å²) in [5.41, 5.74) is 0. The van der Waals surface area contributed by atoms with Gasteiger partial charge in [-0.1, -0.05) is 37.2 Å². The summed E-state index contributed by atoms with van der Waals surface area (Å²) in [5.74, 6) is 5.34. The molecular formula is C11H14O2. The van der Waals surface area contributed by atoms with Crippen molar-refractivity contribution in [3.8, 4) is 11.8 Å². The minimum absolute atomic E-state index is 0.00539. The second-order valence-electron chi connectivity index (χ2n) is 2.21. The first-order valence-corrected chi connectivity index (χ1v) is 3.97. The Kier molecular flexibility index (Phi) is 7.67. The monoisotopic (exact) mass is 178 g/mol. The van der Waals surface area contributed by atoms with Crippen LogP contribution < -0.4 is 0 Å². The minimum Gasteiger partial charge on any atom is -0.498 e. The Hall–Kier alpha value is -1.46. The molecule has 0 radical (unpaired) electrons. The zero-order valence-electron chi connectivity index (χ0n) is 7.57. The molecule has 0 aliphatic heterocycles. The van der Waals surface area contributed by atoms with Crippen LogP contribution >= 0.6 is 0 Å². The number of ether oxygens (including phenoxy) is 1. The van der Waals surface area contributed by atoms with Crippen LogP contribution in [-0.2, 0) is 4.74 Å². The summed E-state index contributed by atoms with van der Waals surface area (Å²) in [5, 5.41) is 8.86. The van der Waals surface area contributed by atoms with Crippen molar-refractivity contribution in [3.63, 3.8) is 0 Å². The van der Waals surface area contributed by atoms with Gasteiger partial charge in [0.25, 0.3) is 0 Å². The van der Waals surface area contributed by atoms with E-state index in [-0.39, 0.29) is 12.5 Å². The summed E-state index contributed by atoms with van der Waals surface area (Å²) in [4.78, 5) is 0. The highest BCUT2D eigenvalue weighted by Crippen LogP contribution is 1.95. The van der Waals surface area contributed by atoms with Gasteiger partial charge < -0.3 is 9.84 Å². The molecule has 0 aliphatic rings. The zero-order chi connectivity index (χ0) is 9.94. The fraction of sp³-hybridized carbons (Fsp3) is 0.273. The normalized spacial score (nSPS) is 11.5. The van der Waals surface area contributed by atoms with Gasteiger partial charge in [0.15, 0.2) is 0 Å². The van der Waals surface area contributed by atoms with Gasteiger partial charge in [-0.2, -0.15) is 0 Å². The molecule has 0 saturated carbocycles. The molecule has 1 unspecified atom stereocenters. The highest BCUT2D eigenvalue weighted by Gasteiger charge is 1.94. The lowest BCUT2D eigenvalue weighted by Gasteiger charge is -1.98. The maximum atomic E-state index is 8.86. The number of hydrogen-bond donors (Lipinski definition) is 1. The van der Waals surface area contributed by atoms with Gasteiger partial charge in [0.05, 0.1) is 18.8 Å². The van der Waals surface area contributed by atoms with E-state index in [1.165, 1.54) is 12.3 Å². The number of rotatable bonds is 5. The summed E-state index contributed by atoms with van der Waals surface area (Å²) in [6, 6.07) is 0. The quantitative estimate of drug-likeness (QED) is 0.299. The van der Waals surface area contributed by atoms with Crippen molar-refractivity contribution in [3.05, 3.63) is 37.6 Å². The van der Waals surface area contributed by atoms with Crippen molar-refractivity contribution in [2.24, 2.45) is 5.92 Å². The molecular weight excluding hydrogens is 164 g/mol. The van der Waals surface area contributed by atoms with Crippen LogP contribution in [0.2, 0.25) is 0 Å². The van der Waals surface area contributed by atoms with E-state index in [9.17, 15) is 0 Å². The number of aliphatic hydroxyl groups excluding tert-OH is 1. The van der Waals surface area contributed by atoms with Gasteiger partial charge in [-0.05, 0) is 6.08 Å². The van der Waals surface area contributed by atoms with Crippen molar-refractivity contribution in [1.82, 2.24) is 0 Å². The molecule has 0 amide bonds. The van der Waals surface area contributed by atoms with Gasteiger partial charge in [0.2, 0.25) is 0 Å². The molecule has 0 heterocycles. The second-order valence-corrected chi connectivity index (χ2v) is 2.21. The van der Waals surface area contributed by atoms with Gasteiger partial charge in [0.1, 0.15) is 6.61 Å². The van der Waals surface area contributed by atoms with Crippen LogP contribution in [0.15, 0.2) is 37.6 Å². The summed E-state index contributed by atoms with van der Waals surface area (Å²) in [6.07, 6.45) is 6.45. The number of aliphatic hydroxyl groups is 1. The average Bonchev–Trinajstić information content (AvgIpc) is 2.17. The van der Waals surface area contributed by atoms with Gasteiger partial charge in [-0.3, -0.25) is 0 Å². The first-order valence-electron chi connectivity index (χ1n) is 3.97. The zero-order valence-corrected chi connectivity index (χ0v) is 7.57. The van der Waals surface area contributed by atoms with Crippen LogP contribution in [0, 0.1) is 17.8 Å². The largest absolute Gasteiger partial charge is 0.498 e. The molecule has 13 heavy (non-hydrogen) atoms. The molecule has 2 heteroatoms. The molecule has 2 nitrogen and oxygen atoms in total. The van der Waals surface area contributed by atoms with Gasteiger partial charge >= 0.3 is 0 Å². The molecule has 0 spiro atoms. The molecule has 0 bridgehead atoms. The predicted molar refractivity (Wildman–Crippen MR) is 53.8 cm³/mol. The van der Waals surface area contributed by atoms with Gasteiger partial charge in [-0.15, -0.1) is 0 Å². The third kappa shape index (κ3) is 6.92. The first-order chi connectivity index (χ1) is 6.35. The van der Waals surface area contributed by atoms with E-state index in [1.54, 1.807) is 12.2 Å². The van der Waals surface area contributed by atoms with Crippen LogP contribution in [0.1, 0.15) is 0 Å². The third-order valence-corrected chi connectivity index (χ3v) is 1.25. The van der Waals surface area contributed by atoms with Crippen molar-refractivity contribution in [2.75, 3.05) is 13.2 Å². The van der Waals surface area contributed by atoms with Crippen LogP contribution in [0.3, 0.4) is 0 Å². The molecule has 0 saturated heterocycles. The van der Waals surface area contributed by atoms with Crippen molar-refractivity contribution in [1.29, 1.82) is 0 Å². The molecule has 0 aromatic rings. The van der Waals surface area contributed by atoms with E-state index < -0.39 is 0 Å². The molecule has 0 aliphatic carbocycles. The summed E-state index contributed by atoms with van der Waals surface area (Å²) in [7, 11) is 0. The molecule has 0 rings (SSSR count). The van der Waals surface area contributed by atoms with E-state index in [1.807, 2.05) is 0 Å². The summed E-state index contributed by atoms with van der Waals surface area (Å²) < 4.78 is 4.86. The molecule has 1 N–H and O–H groups in total. The molecule has 70 valence electrons. The van der Waals surface area contributed by atoms with Gasteiger partial charge in [0, 0.05) is 0 Å². The molecule has 1 atom stereocenters. The Morgan fingerprint density at radius 2 is 2.23 bits per heavy atom. The lowest BCUT2D eigenvalue weighted by Crippen LogP contribution is -1.98. The molecule has 0 aromatic heterocycles. The highest BCUT2D eigenvalue weighted by atomic mass is 16.5. The highest BCUT2D eigenvalue weighted by molar-refractivity contribution is 5.18. The summed E-state index contributed by atoms with van der Waals surface area (Å²) in [6.45, 7) is 7.32. The Balaban J connectivity index is 3.88. The van der Waals surface area contributed by atoms with E-state index in [0.29, 0.717) is 6.61 Å². The van der Waals surface area contributed by atoms with Crippen molar-refractivity contribution < 1.29 is 9.84 Å². The van der Waals surface area contributed by atoms with E-state index in [4.69, 9.17) is 9.84 Å². The Bertz CT molecular complexity index is 230. The Labute approximate surface area is 79.2 Å². The van der Waals surface area contributed by atoms with Crippen LogP contribution in [-0.4, -0.2) is 18.3 Å². The van der Waals surface area contributed by atoms with Crippen LogP contribution in [0.4, 0.5) is 0 Å². The maximum Gasteiger partial charge on any atom is 0.105 e. The van der Waals surface area contributed by atoms with Crippen LogP contribution in [0.5, 0.6) is 0 Å². The maximum absolute atomic E-state index is 8.86.